The van der Waals surface area contributed by atoms with Crippen LogP contribution in [0, 0.1) is 6.92 Å². The SMILES string of the molecule is CCOC1CCN(C(=O)[C@@H]2CCC(=O)N2Cc2ccc(C)cc2)CC1. The average Bonchev–Trinajstić information content (AvgIpc) is 2.98. The van der Waals surface area contributed by atoms with Crippen molar-refractivity contribution in [3.63, 3.8) is 0 Å². The number of hydrogen-bond acceptors (Lipinski definition) is 3. The van der Waals surface area contributed by atoms with Crippen LogP contribution in [0.5, 0.6) is 0 Å². The van der Waals surface area contributed by atoms with Crippen molar-refractivity contribution in [2.75, 3.05) is 19.7 Å². The molecule has 1 atom stereocenters. The summed E-state index contributed by atoms with van der Waals surface area (Å²) in [6.07, 6.45) is 3.14. The van der Waals surface area contributed by atoms with E-state index in [2.05, 4.69) is 0 Å². The number of benzene rings is 1. The van der Waals surface area contributed by atoms with Gasteiger partial charge in [-0.1, -0.05) is 29.8 Å². The fraction of sp³-hybridized carbons (Fsp3) is 0.600. The Balaban J connectivity index is 1.63. The van der Waals surface area contributed by atoms with Gasteiger partial charge in [0.05, 0.1) is 6.10 Å². The summed E-state index contributed by atoms with van der Waals surface area (Å²) >= 11 is 0. The fourth-order valence-electron chi connectivity index (χ4n) is 3.77. The number of carbonyl (C=O) groups excluding carboxylic acids is 2. The van der Waals surface area contributed by atoms with Gasteiger partial charge in [0.15, 0.2) is 0 Å². The van der Waals surface area contributed by atoms with Crippen LogP contribution >= 0.6 is 0 Å². The second-order valence-corrected chi connectivity index (χ2v) is 7.04. The molecule has 5 nitrogen and oxygen atoms in total. The molecule has 1 aromatic rings. The minimum Gasteiger partial charge on any atom is -0.378 e. The van der Waals surface area contributed by atoms with E-state index >= 15 is 0 Å². The van der Waals surface area contributed by atoms with Crippen LogP contribution in [0.3, 0.4) is 0 Å². The molecule has 0 spiro atoms. The van der Waals surface area contributed by atoms with Crippen molar-refractivity contribution in [1.29, 1.82) is 0 Å². The Morgan fingerprint density at radius 1 is 1.16 bits per heavy atom. The van der Waals surface area contributed by atoms with Gasteiger partial charge in [0.1, 0.15) is 6.04 Å². The molecule has 0 saturated carbocycles. The van der Waals surface area contributed by atoms with E-state index in [1.54, 1.807) is 4.90 Å². The second kappa shape index (κ2) is 8.00. The molecule has 2 aliphatic rings. The van der Waals surface area contributed by atoms with Crippen molar-refractivity contribution in [1.82, 2.24) is 9.80 Å². The zero-order valence-electron chi connectivity index (χ0n) is 15.2. The van der Waals surface area contributed by atoms with E-state index in [0.717, 1.165) is 38.1 Å². The topological polar surface area (TPSA) is 49.9 Å². The molecule has 2 amide bonds. The van der Waals surface area contributed by atoms with Crippen molar-refractivity contribution in [3.05, 3.63) is 35.4 Å². The number of rotatable bonds is 5. The molecule has 1 aromatic carbocycles. The molecule has 2 aliphatic heterocycles. The van der Waals surface area contributed by atoms with Crippen LogP contribution in [0.1, 0.15) is 43.7 Å². The molecule has 0 unspecified atom stereocenters. The molecule has 2 fully saturated rings. The number of aryl methyl sites for hydroxylation is 1. The molecule has 0 N–H and O–H groups in total. The lowest BCUT2D eigenvalue weighted by Gasteiger charge is -2.35. The smallest absolute Gasteiger partial charge is 0.245 e. The van der Waals surface area contributed by atoms with Crippen LogP contribution in [-0.2, 0) is 20.9 Å². The Morgan fingerprint density at radius 2 is 1.84 bits per heavy atom. The summed E-state index contributed by atoms with van der Waals surface area (Å²) in [6, 6.07) is 7.86. The molecule has 25 heavy (non-hydrogen) atoms. The first-order valence-electron chi connectivity index (χ1n) is 9.34. The first-order valence-corrected chi connectivity index (χ1v) is 9.34. The van der Waals surface area contributed by atoms with E-state index in [1.165, 1.54) is 5.56 Å². The second-order valence-electron chi connectivity index (χ2n) is 7.04. The van der Waals surface area contributed by atoms with Gasteiger partial charge in [-0.25, -0.2) is 0 Å². The quantitative estimate of drug-likeness (QED) is 0.825. The highest BCUT2D eigenvalue weighted by Crippen LogP contribution is 2.25. The molecule has 5 heteroatoms. The van der Waals surface area contributed by atoms with E-state index in [4.69, 9.17) is 4.74 Å². The number of amides is 2. The van der Waals surface area contributed by atoms with Gasteiger partial charge in [-0.05, 0) is 38.7 Å². The summed E-state index contributed by atoms with van der Waals surface area (Å²) in [6.45, 7) is 6.75. The zero-order chi connectivity index (χ0) is 17.8. The molecule has 0 bridgehead atoms. The van der Waals surface area contributed by atoms with Crippen LogP contribution in [0.15, 0.2) is 24.3 Å². The molecule has 0 aromatic heterocycles. The maximum atomic E-state index is 13.0. The Hall–Kier alpha value is -1.88. The van der Waals surface area contributed by atoms with E-state index in [1.807, 2.05) is 43.0 Å². The summed E-state index contributed by atoms with van der Waals surface area (Å²) in [7, 11) is 0. The lowest BCUT2D eigenvalue weighted by Crippen LogP contribution is -2.49. The molecular formula is C20H28N2O3. The summed E-state index contributed by atoms with van der Waals surface area (Å²) in [5, 5.41) is 0. The molecule has 0 aliphatic carbocycles. The van der Waals surface area contributed by atoms with E-state index < -0.39 is 0 Å². The third-order valence-corrected chi connectivity index (χ3v) is 5.24. The number of likely N-dealkylation sites (tertiary alicyclic amines) is 2. The first kappa shape index (κ1) is 17.9. The summed E-state index contributed by atoms with van der Waals surface area (Å²) in [4.78, 5) is 29.0. The largest absolute Gasteiger partial charge is 0.378 e. The van der Waals surface area contributed by atoms with Crippen molar-refractivity contribution in [3.8, 4) is 0 Å². The lowest BCUT2D eigenvalue weighted by atomic mass is 10.1. The van der Waals surface area contributed by atoms with Crippen LogP contribution in [0.25, 0.3) is 0 Å². The van der Waals surface area contributed by atoms with Crippen LogP contribution < -0.4 is 0 Å². The monoisotopic (exact) mass is 344 g/mol. The summed E-state index contributed by atoms with van der Waals surface area (Å²) < 4.78 is 5.66. The molecule has 3 rings (SSSR count). The van der Waals surface area contributed by atoms with E-state index in [9.17, 15) is 9.59 Å². The first-order chi connectivity index (χ1) is 12.1. The van der Waals surface area contributed by atoms with Crippen LogP contribution in [0.2, 0.25) is 0 Å². The normalized spacial score (nSPS) is 21.8. The number of hydrogen-bond donors (Lipinski definition) is 0. The number of ether oxygens (including phenoxy) is 1. The van der Waals surface area contributed by atoms with E-state index in [0.29, 0.717) is 19.4 Å². The van der Waals surface area contributed by atoms with Gasteiger partial charge >= 0.3 is 0 Å². The van der Waals surface area contributed by atoms with Gasteiger partial charge < -0.3 is 14.5 Å². The van der Waals surface area contributed by atoms with Crippen molar-refractivity contribution in [2.45, 2.75) is 58.2 Å². The highest BCUT2D eigenvalue weighted by Gasteiger charge is 2.39. The predicted molar refractivity (Wildman–Crippen MR) is 96.0 cm³/mol. The fourth-order valence-corrected chi connectivity index (χ4v) is 3.77. The average molecular weight is 344 g/mol. The molecule has 0 radical (unpaired) electrons. The molecular weight excluding hydrogens is 316 g/mol. The van der Waals surface area contributed by atoms with Gasteiger partial charge in [-0.15, -0.1) is 0 Å². The Morgan fingerprint density at radius 3 is 2.48 bits per heavy atom. The van der Waals surface area contributed by atoms with Gasteiger partial charge in [0, 0.05) is 32.7 Å². The number of piperidine rings is 1. The van der Waals surface area contributed by atoms with Gasteiger partial charge in [-0.2, -0.15) is 0 Å². The van der Waals surface area contributed by atoms with Gasteiger partial charge in [-0.3, -0.25) is 9.59 Å². The van der Waals surface area contributed by atoms with Crippen LogP contribution in [-0.4, -0.2) is 53.5 Å². The van der Waals surface area contributed by atoms with Crippen molar-refractivity contribution >= 4 is 11.8 Å². The van der Waals surface area contributed by atoms with E-state index in [-0.39, 0.29) is 24.0 Å². The van der Waals surface area contributed by atoms with Crippen molar-refractivity contribution in [2.24, 2.45) is 0 Å². The zero-order valence-corrected chi connectivity index (χ0v) is 15.2. The standard InChI is InChI=1S/C20H28N2O3/c1-3-25-17-10-12-21(13-11-17)20(24)18-8-9-19(23)22(18)14-16-6-4-15(2)5-7-16/h4-7,17-18H,3,8-14H2,1-2H3/t18-/m0/s1. The summed E-state index contributed by atoms with van der Waals surface area (Å²) in [5.74, 6) is 0.191. The third-order valence-electron chi connectivity index (χ3n) is 5.24. The maximum Gasteiger partial charge on any atom is 0.245 e. The van der Waals surface area contributed by atoms with Gasteiger partial charge in [0.25, 0.3) is 0 Å². The Labute approximate surface area is 149 Å². The highest BCUT2D eigenvalue weighted by molar-refractivity contribution is 5.91. The number of carbonyl (C=O) groups is 2. The predicted octanol–water partition coefficient (Wildman–Crippen LogP) is 2.51. The number of nitrogens with zero attached hydrogens (tertiary/aromatic N) is 2. The molecule has 2 saturated heterocycles. The minimum absolute atomic E-state index is 0.0862. The summed E-state index contributed by atoms with van der Waals surface area (Å²) in [5.41, 5.74) is 2.27. The Kier molecular flexibility index (Phi) is 5.74. The Bertz CT molecular complexity index is 606. The third kappa shape index (κ3) is 4.21. The lowest BCUT2D eigenvalue weighted by molar-refractivity contribution is -0.143. The van der Waals surface area contributed by atoms with Crippen LogP contribution in [0.4, 0.5) is 0 Å². The van der Waals surface area contributed by atoms with Gasteiger partial charge in [0.2, 0.25) is 11.8 Å². The minimum atomic E-state index is -0.308. The molecule has 2 heterocycles. The highest BCUT2D eigenvalue weighted by atomic mass is 16.5. The van der Waals surface area contributed by atoms with Crippen molar-refractivity contribution < 1.29 is 14.3 Å². The maximum absolute atomic E-state index is 13.0. The molecule has 136 valence electrons.